The Bertz CT molecular complexity index is 2900. The highest BCUT2D eigenvalue weighted by Crippen LogP contribution is 2.42. The topological polar surface area (TPSA) is 81.2 Å². The van der Waals surface area contributed by atoms with E-state index in [1.807, 2.05) is 54.6 Å². The van der Waals surface area contributed by atoms with Crippen molar-refractivity contribution in [2.24, 2.45) is 0 Å². The molecule has 0 atom stereocenters. The van der Waals surface area contributed by atoms with Gasteiger partial charge in [-0.05, 0) is 71.8 Å². The molecule has 0 amide bonds. The molecule has 5 heteroatoms. The first-order chi connectivity index (χ1) is 24.7. The van der Waals surface area contributed by atoms with E-state index in [4.69, 9.17) is 0 Å². The molecular weight excluding hydrogens is 611 g/mol. The molecule has 0 N–H and O–H groups in total. The molecule has 0 unspecified atom stereocenters. The van der Waals surface area contributed by atoms with Crippen molar-refractivity contribution < 1.29 is 0 Å². The van der Waals surface area contributed by atoms with Crippen molar-refractivity contribution in [2.45, 2.75) is 0 Å². The number of nitrogens with zero attached hydrogens (tertiary/aromatic N) is 5. The van der Waals surface area contributed by atoms with E-state index < -0.39 is 0 Å². The second-order valence-corrected chi connectivity index (χ2v) is 12.3. The highest BCUT2D eigenvalue weighted by atomic mass is 15.0. The molecule has 9 aromatic rings. The van der Waals surface area contributed by atoms with Gasteiger partial charge < -0.3 is 9.13 Å². The fraction of sp³-hybridized carbons (Fsp3) is 0. The summed E-state index contributed by atoms with van der Waals surface area (Å²) in [5.41, 5.74) is 10.7. The number of fused-ring (bicyclic) bond motifs is 6. The zero-order chi connectivity index (χ0) is 33.8. The summed E-state index contributed by atoms with van der Waals surface area (Å²) < 4.78 is 4.47. The van der Waals surface area contributed by atoms with Crippen LogP contribution in [0, 0.1) is 34.0 Å². The first-order valence-electron chi connectivity index (χ1n) is 16.3. The van der Waals surface area contributed by atoms with Gasteiger partial charge in [0.2, 0.25) is 0 Å². The van der Waals surface area contributed by atoms with E-state index in [0.29, 0.717) is 22.3 Å². The first-order valence-corrected chi connectivity index (χ1v) is 16.3. The van der Waals surface area contributed by atoms with E-state index in [9.17, 15) is 15.8 Å². The van der Waals surface area contributed by atoms with Gasteiger partial charge in [-0.3, -0.25) is 0 Å². The molecule has 7 aromatic carbocycles. The van der Waals surface area contributed by atoms with Gasteiger partial charge in [0, 0.05) is 38.4 Å². The number of para-hydroxylation sites is 4. The number of hydrogen-bond donors (Lipinski definition) is 0. The smallest absolute Gasteiger partial charge is 0.101 e. The first kappa shape index (κ1) is 28.8. The monoisotopic (exact) mass is 635 g/mol. The Labute approximate surface area is 287 Å². The van der Waals surface area contributed by atoms with Crippen LogP contribution in [0.1, 0.15) is 16.7 Å². The molecule has 0 saturated carbocycles. The van der Waals surface area contributed by atoms with Gasteiger partial charge in [0.1, 0.15) is 12.1 Å². The maximum absolute atomic E-state index is 10.6. The van der Waals surface area contributed by atoms with Crippen LogP contribution in [-0.4, -0.2) is 9.13 Å². The van der Waals surface area contributed by atoms with Crippen LogP contribution in [-0.2, 0) is 0 Å². The Balaban J connectivity index is 1.28. The minimum Gasteiger partial charge on any atom is -0.309 e. The Morgan fingerprint density at radius 1 is 0.420 bits per heavy atom. The summed E-state index contributed by atoms with van der Waals surface area (Å²) in [5, 5.41) is 34.8. The largest absolute Gasteiger partial charge is 0.309 e. The fourth-order valence-corrected chi connectivity index (χ4v) is 7.51. The molecule has 50 heavy (non-hydrogen) atoms. The second-order valence-electron chi connectivity index (χ2n) is 12.3. The van der Waals surface area contributed by atoms with Crippen molar-refractivity contribution in [3.8, 4) is 51.8 Å². The van der Waals surface area contributed by atoms with Crippen molar-refractivity contribution in [2.75, 3.05) is 0 Å². The lowest BCUT2D eigenvalue weighted by Gasteiger charge is -2.19. The molecule has 0 aliphatic heterocycles. The lowest BCUT2D eigenvalue weighted by atomic mass is 9.87. The summed E-state index contributed by atoms with van der Waals surface area (Å²) in [6, 6.07) is 57.9. The van der Waals surface area contributed by atoms with Crippen LogP contribution in [0.25, 0.3) is 77.2 Å². The van der Waals surface area contributed by atoms with E-state index >= 15 is 0 Å². The van der Waals surface area contributed by atoms with Crippen LogP contribution < -0.4 is 0 Å². The molecule has 0 spiro atoms. The molecule has 0 aliphatic carbocycles. The van der Waals surface area contributed by atoms with E-state index in [1.165, 1.54) is 10.8 Å². The van der Waals surface area contributed by atoms with Crippen LogP contribution in [0.3, 0.4) is 0 Å². The second kappa shape index (κ2) is 11.4. The van der Waals surface area contributed by atoms with Crippen molar-refractivity contribution in [1.82, 2.24) is 9.13 Å². The predicted octanol–water partition coefficient (Wildman–Crippen LogP) is 10.8. The summed E-state index contributed by atoms with van der Waals surface area (Å²) in [6.07, 6.45) is 0. The van der Waals surface area contributed by atoms with E-state index in [2.05, 4.69) is 118 Å². The maximum Gasteiger partial charge on any atom is 0.101 e. The van der Waals surface area contributed by atoms with Gasteiger partial charge >= 0.3 is 0 Å². The third kappa shape index (κ3) is 4.24. The van der Waals surface area contributed by atoms with Gasteiger partial charge in [-0.2, -0.15) is 15.8 Å². The third-order valence-corrected chi connectivity index (χ3v) is 9.67. The average Bonchev–Trinajstić information content (AvgIpc) is 3.70. The minimum atomic E-state index is 0.323. The summed E-state index contributed by atoms with van der Waals surface area (Å²) in [5.74, 6) is 0. The summed E-state index contributed by atoms with van der Waals surface area (Å²) in [7, 11) is 0. The number of nitriles is 3. The Kier molecular flexibility index (Phi) is 6.56. The average molecular weight is 636 g/mol. The Morgan fingerprint density at radius 2 is 1.00 bits per heavy atom. The molecule has 230 valence electrons. The maximum atomic E-state index is 10.6. The van der Waals surface area contributed by atoms with Crippen LogP contribution in [0.5, 0.6) is 0 Å². The summed E-state index contributed by atoms with van der Waals surface area (Å²) in [4.78, 5) is 0. The Hall–Kier alpha value is -7.39. The molecular formula is C45H25N5. The minimum absolute atomic E-state index is 0.323. The van der Waals surface area contributed by atoms with Crippen molar-refractivity contribution in [3.05, 3.63) is 168 Å². The zero-order valence-corrected chi connectivity index (χ0v) is 26.7. The van der Waals surface area contributed by atoms with Gasteiger partial charge in [0.25, 0.3) is 0 Å². The normalized spacial score (nSPS) is 11.1. The van der Waals surface area contributed by atoms with Crippen LogP contribution in [0.4, 0.5) is 0 Å². The SMILES string of the molecule is N#Cc1ccc2c(c1)c1ccccc1n2-c1ccccc1-c1c(-c2ccc(-n3c4ccccc4c4ccccc43)cc2)ccc(C#N)c1C#N. The van der Waals surface area contributed by atoms with Crippen molar-refractivity contribution in [1.29, 1.82) is 15.8 Å². The zero-order valence-electron chi connectivity index (χ0n) is 26.7. The van der Waals surface area contributed by atoms with E-state index in [0.717, 1.165) is 60.9 Å². The van der Waals surface area contributed by atoms with Gasteiger partial charge in [-0.1, -0.05) is 91.0 Å². The molecule has 0 bridgehead atoms. The molecule has 0 aliphatic rings. The highest BCUT2D eigenvalue weighted by molar-refractivity contribution is 6.11. The van der Waals surface area contributed by atoms with Crippen molar-refractivity contribution >= 4 is 43.6 Å². The summed E-state index contributed by atoms with van der Waals surface area (Å²) in [6.45, 7) is 0. The van der Waals surface area contributed by atoms with Gasteiger partial charge in [-0.15, -0.1) is 0 Å². The number of aromatic nitrogens is 2. The van der Waals surface area contributed by atoms with Crippen LogP contribution in [0.15, 0.2) is 152 Å². The predicted molar refractivity (Wildman–Crippen MR) is 200 cm³/mol. The van der Waals surface area contributed by atoms with E-state index in [-0.39, 0.29) is 0 Å². The molecule has 0 saturated heterocycles. The molecule has 9 rings (SSSR count). The van der Waals surface area contributed by atoms with Crippen molar-refractivity contribution in [3.63, 3.8) is 0 Å². The van der Waals surface area contributed by atoms with Crippen LogP contribution >= 0.6 is 0 Å². The molecule has 2 heterocycles. The lowest BCUT2D eigenvalue weighted by molar-refractivity contribution is 1.18. The highest BCUT2D eigenvalue weighted by Gasteiger charge is 2.22. The van der Waals surface area contributed by atoms with Gasteiger partial charge in [0.15, 0.2) is 0 Å². The lowest BCUT2D eigenvalue weighted by Crippen LogP contribution is -2.01. The number of hydrogen-bond acceptors (Lipinski definition) is 3. The van der Waals surface area contributed by atoms with Gasteiger partial charge in [-0.25, -0.2) is 0 Å². The van der Waals surface area contributed by atoms with Gasteiger partial charge in [0.05, 0.1) is 50.5 Å². The number of rotatable bonds is 4. The summed E-state index contributed by atoms with van der Waals surface area (Å²) >= 11 is 0. The molecule has 0 radical (unpaired) electrons. The standard InChI is InChI=1S/C45H25N5/c46-26-29-17-24-44-38(25-29)36-11-3-7-15-42(36)50(44)43-16-8-4-12-37(43)45-33(23-20-31(27-47)39(45)28-48)30-18-21-32(22-19-30)49-40-13-5-1-9-34(40)35-10-2-6-14-41(35)49/h1-25H. The third-order valence-electron chi connectivity index (χ3n) is 9.67. The molecule has 0 fully saturated rings. The molecule has 5 nitrogen and oxygen atoms in total. The van der Waals surface area contributed by atoms with Crippen LogP contribution in [0.2, 0.25) is 0 Å². The molecule has 2 aromatic heterocycles. The quantitative estimate of drug-likeness (QED) is 0.193. The Morgan fingerprint density at radius 3 is 1.64 bits per heavy atom. The number of benzene rings is 7. The van der Waals surface area contributed by atoms with E-state index in [1.54, 1.807) is 6.07 Å². The fourth-order valence-electron chi connectivity index (χ4n) is 7.51.